The van der Waals surface area contributed by atoms with E-state index < -0.39 is 0 Å². The second-order valence-electron chi connectivity index (χ2n) is 3.91. The minimum atomic E-state index is -0.189. The Morgan fingerprint density at radius 2 is 2.31 bits per heavy atom. The number of aliphatic hydroxyl groups is 1. The molecule has 4 heteroatoms. The molecule has 0 aliphatic heterocycles. The number of aromatic amines is 1. The molecule has 0 bridgehead atoms. The summed E-state index contributed by atoms with van der Waals surface area (Å²) in [6, 6.07) is 1.93. The average molecular weight is 183 g/mol. The summed E-state index contributed by atoms with van der Waals surface area (Å²) in [4.78, 5) is 2.08. The van der Waals surface area contributed by atoms with Crippen LogP contribution in [0.1, 0.15) is 19.5 Å². The van der Waals surface area contributed by atoms with Crippen LogP contribution >= 0.6 is 0 Å². The van der Waals surface area contributed by atoms with Gasteiger partial charge in [-0.2, -0.15) is 5.10 Å². The van der Waals surface area contributed by atoms with Gasteiger partial charge in [-0.3, -0.25) is 10.00 Å². The Balaban J connectivity index is 2.55. The van der Waals surface area contributed by atoms with Crippen LogP contribution in [0.2, 0.25) is 0 Å². The van der Waals surface area contributed by atoms with Crippen molar-refractivity contribution >= 4 is 0 Å². The van der Waals surface area contributed by atoms with Gasteiger partial charge in [0.2, 0.25) is 0 Å². The van der Waals surface area contributed by atoms with Gasteiger partial charge in [-0.25, -0.2) is 0 Å². The predicted octanol–water partition coefficient (Wildman–Crippen LogP) is 0.612. The van der Waals surface area contributed by atoms with Crippen molar-refractivity contribution in [1.82, 2.24) is 15.1 Å². The lowest BCUT2D eigenvalue weighted by Gasteiger charge is -2.33. The normalized spacial score (nSPS) is 12.4. The van der Waals surface area contributed by atoms with Crippen LogP contribution in [0.4, 0.5) is 0 Å². The van der Waals surface area contributed by atoms with E-state index in [0.717, 1.165) is 12.2 Å². The van der Waals surface area contributed by atoms with E-state index in [4.69, 9.17) is 5.11 Å². The molecule has 2 N–H and O–H groups in total. The van der Waals surface area contributed by atoms with Gasteiger partial charge < -0.3 is 5.11 Å². The van der Waals surface area contributed by atoms with E-state index in [0.29, 0.717) is 0 Å². The third kappa shape index (κ3) is 2.54. The first-order valence-corrected chi connectivity index (χ1v) is 4.36. The fourth-order valence-electron chi connectivity index (χ4n) is 0.963. The minimum absolute atomic E-state index is 0.150. The number of aliphatic hydroxyl groups excluding tert-OH is 1. The molecular weight excluding hydrogens is 166 g/mol. The van der Waals surface area contributed by atoms with Gasteiger partial charge in [0.25, 0.3) is 0 Å². The lowest BCUT2D eigenvalue weighted by Crippen LogP contribution is -2.43. The third-order valence-corrected chi connectivity index (χ3v) is 2.39. The molecule has 0 amide bonds. The summed E-state index contributed by atoms with van der Waals surface area (Å²) in [5.74, 6) is 0. The molecular formula is C9H17N3O. The van der Waals surface area contributed by atoms with Crippen molar-refractivity contribution in [2.75, 3.05) is 13.7 Å². The number of likely N-dealkylation sites (N-methyl/N-ethyl adjacent to an activating group) is 1. The molecule has 0 unspecified atom stereocenters. The lowest BCUT2D eigenvalue weighted by atomic mass is 10.1. The number of hydrogen-bond donors (Lipinski definition) is 2. The van der Waals surface area contributed by atoms with Crippen LogP contribution in [0.3, 0.4) is 0 Å². The lowest BCUT2D eigenvalue weighted by molar-refractivity contribution is 0.0724. The fourth-order valence-corrected chi connectivity index (χ4v) is 0.963. The van der Waals surface area contributed by atoms with Gasteiger partial charge in [0, 0.05) is 24.0 Å². The van der Waals surface area contributed by atoms with E-state index in [2.05, 4.69) is 15.1 Å². The zero-order chi connectivity index (χ0) is 9.90. The van der Waals surface area contributed by atoms with Crippen LogP contribution < -0.4 is 0 Å². The maximum absolute atomic E-state index is 9.13. The molecule has 13 heavy (non-hydrogen) atoms. The van der Waals surface area contributed by atoms with Crippen molar-refractivity contribution in [3.8, 4) is 0 Å². The summed E-state index contributed by atoms with van der Waals surface area (Å²) >= 11 is 0. The van der Waals surface area contributed by atoms with Crippen molar-refractivity contribution in [3.63, 3.8) is 0 Å². The van der Waals surface area contributed by atoms with Gasteiger partial charge in [-0.05, 0) is 27.0 Å². The average Bonchev–Trinajstić information content (AvgIpc) is 2.57. The van der Waals surface area contributed by atoms with Crippen LogP contribution in [0.5, 0.6) is 0 Å². The Morgan fingerprint density at radius 3 is 2.77 bits per heavy atom. The van der Waals surface area contributed by atoms with Crippen LogP contribution in [-0.2, 0) is 6.54 Å². The summed E-state index contributed by atoms with van der Waals surface area (Å²) in [6.45, 7) is 4.93. The second kappa shape index (κ2) is 3.89. The molecule has 0 saturated heterocycles. The first kappa shape index (κ1) is 10.2. The van der Waals surface area contributed by atoms with Crippen LogP contribution in [0, 0.1) is 0 Å². The number of H-pyrrole nitrogens is 1. The SMILES string of the molecule is CN(Cc1ccn[nH]1)C(C)(C)CO. The van der Waals surface area contributed by atoms with Crippen LogP contribution in [0.15, 0.2) is 12.3 Å². The molecule has 4 nitrogen and oxygen atoms in total. The first-order chi connectivity index (χ1) is 6.06. The van der Waals surface area contributed by atoms with E-state index in [1.54, 1.807) is 6.20 Å². The van der Waals surface area contributed by atoms with E-state index in [1.165, 1.54) is 0 Å². The number of rotatable bonds is 4. The van der Waals surface area contributed by atoms with Gasteiger partial charge in [-0.1, -0.05) is 0 Å². The molecule has 1 aromatic heterocycles. The molecule has 0 saturated carbocycles. The molecule has 1 aromatic rings. The molecule has 0 radical (unpaired) electrons. The highest BCUT2D eigenvalue weighted by Gasteiger charge is 2.22. The Labute approximate surface area is 78.6 Å². The predicted molar refractivity (Wildman–Crippen MR) is 51.2 cm³/mol. The quantitative estimate of drug-likeness (QED) is 0.719. The van der Waals surface area contributed by atoms with Crippen molar-refractivity contribution in [1.29, 1.82) is 0 Å². The Kier molecular flexibility index (Phi) is 3.06. The third-order valence-electron chi connectivity index (χ3n) is 2.39. The van der Waals surface area contributed by atoms with Gasteiger partial charge in [0.15, 0.2) is 0 Å². The van der Waals surface area contributed by atoms with Crippen LogP contribution in [0.25, 0.3) is 0 Å². The van der Waals surface area contributed by atoms with Crippen molar-refractivity contribution in [2.24, 2.45) is 0 Å². The number of hydrogen-bond acceptors (Lipinski definition) is 3. The van der Waals surface area contributed by atoms with Crippen molar-refractivity contribution < 1.29 is 5.11 Å². The molecule has 0 spiro atoms. The van der Waals surface area contributed by atoms with Gasteiger partial charge in [-0.15, -0.1) is 0 Å². The van der Waals surface area contributed by atoms with Crippen LogP contribution in [-0.4, -0.2) is 39.4 Å². The smallest absolute Gasteiger partial charge is 0.0610 e. The molecule has 0 aliphatic rings. The fraction of sp³-hybridized carbons (Fsp3) is 0.667. The van der Waals surface area contributed by atoms with E-state index in [-0.39, 0.29) is 12.1 Å². The van der Waals surface area contributed by atoms with Crippen molar-refractivity contribution in [3.05, 3.63) is 18.0 Å². The Hall–Kier alpha value is -0.870. The highest BCUT2D eigenvalue weighted by molar-refractivity contribution is 4.98. The molecule has 0 fully saturated rings. The molecule has 74 valence electrons. The summed E-state index contributed by atoms with van der Waals surface area (Å²) in [5, 5.41) is 15.9. The number of nitrogens with one attached hydrogen (secondary N) is 1. The number of aromatic nitrogens is 2. The summed E-state index contributed by atoms with van der Waals surface area (Å²) < 4.78 is 0. The zero-order valence-corrected chi connectivity index (χ0v) is 8.41. The molecule has 1 heterocycles. The highest BCUT2D eigenvalue weighted by atomic mass is 16.3. The Morgan fingerprint density at radius 1 is 1.62 bits per heavy atom. The van der Waals surface area contributed by atoms with Gasteiger partial charge >= 0.3 is 0 Å². The maximum Gasteiger partial charge on any atom is 0.0610 e. The standard InChI is InChI=1S/C9H17N3O/c1-9(2,7-13)12(3)6-8-4-5-10-11-8/h4-5,13H,6-7H2,1-3H3,(H,10,11). The second-order valence-corrected chi connectivity index (χ2v) is 3.91. The van der Waals surface area contributed by atoms with Gasteiger partial charge in [0.1, 0.15) is 0 Å². The minimum Gasteiger partial charge on any atom is -0.394 e. The summed E-state index contributed by atoms with van der Waals surface area (Å²) in [5.41, 5.74) is 0.870. The zero-order valence-electron chi connectivity index (χ0n) is 8.41. The summed E-state index contributed by atoms with van der Waals surface area (Å²) in [7, 11) is 1.98. The number of nitrogens with zero attached hydrogens (tertiary/aromatic N) is 2. The van der Waals surface area contributed by atoms with E-state index >= 15 is 0 Å². The largest absolute Gasteiger partial charge is 0.394 e. The van der Waals surface area contributed by atoms with E-state index in [9.17, 15) is 0 Å². The van der Waals surface area contributed by atoms with Gasteiger partial charge in [0.05, 0.1) is 6.61 Å². The highest BCUT2D eigenvalue weighted by Crippen LogP contribution is 2.13. The Bertz CT molecular complexity index is 243. The van der Waals surface area contributed by atoms with Crippen molar-refractivity contribution in [2.45, 2.75) is 25.9 Å². The van der Waals surface area contributed by atoms with E-state index in [1.807, 2.05) is 27.0 Å². The first-order valence-electron chi connectivity index (χ1n) is 4.36. The molecule has 0 atom stereocenters. The maximum atomic E-state index is 9.13. The monoisotopic (exact) mass is 183 g/mol. The summed E-state index contributed by atoms with van der Waals surface area (Å²) in [6.07, 6.45) is 1.73. The molecule has 1 rings (SSSR count). The molecule has 0 aromatic carbocycles. The molecule has 0 aliphatic carbocycles. The topological polar surface area (TPSA) is 52.2 Å².